The molecule has 8 heteroatoms. The van der Waals surface area contributed by atoms with Gasteiger partial charge in [-0.05, 0) is 61.9 Å². The summed E-state index contributed by atoms with van der Waals surface area (Å²) in [6.07, 6.45) is 0.732. The number of para-hydroxylation sites is 1. The van der Waals surface area contributed by atoms with Gasteiger partial charge in [0.25, 0.3) is 11.8 Å². The van der Waals surface area contributed by atoms with Gasteiger partial charge in [-0.15, -0.1) is 0 Å². The summed E-state index contributed by atoms with van der Waals surface area (Å²) >= 11 is 0. The highest BCUT2D eigenvalue weighted by Crippen LogP contribution is 2.19. The highest BCUT2D eigenvalue weighted by molar-refractivity contribution is 6.07. The molecule has 0 aromatic heterocycles. The van der Waals surface area contributed by atoms with Crippen LogP contribution < -0.4 is 20.9 Å². The SMILES string of the molecule is CCN(C(=O)c1cccc(NC(=O)CNc2cccc(C(=O)NCCCOC)c2)c1)c1ccccc1. The van der Waals surface area contributed by atoms with Gasteiger partial charge < -0.3 is 25.6 Å². The Labute approximate surface area is 211 Å². The molecule has 0 unspecified atom stereocenters. The van der Waals surface area contributed by atoms with Crippen molar-refractivity contribution in [3.63, 3.8) is 0 Å². The van der Waals surface area contributed by atoms with Gasteiger partial charge in [0.15, 0.2) is 0 Å². The number of anilines is 3. The number of hydrogen-bond acceptors (Lipinski definition) is 5. The van der Waals surface area contributed by atoms with Crippen molar-refractivity contribution in [3.8, 4) is 0 Å². The lowest BCUT2D eigenvalue weighted by atomic mass is 10.1. The standard InChI is InChI=1S/C28H32N4O4/c1-3-32(25-14-5-4-6-15-25)28(35)22-11-8-13-24(19-22)31-26(33)20-30-23-12-7-10-21(18-23)27(34)29-16-9-17-36-2/h4-8,10-15,18-19,30H,3,9,16-17,20H2,1-2H3,(H,29,34)(H,31,33). The van der Waals surface area contributed by atoms with E-state index in [1.165, 1.54) is 0 Å². The molecule has 0 heterocycles. The Hall–Kier alpha value is -4.17. The van der Waals surface area contributed by atoms with Gasteiger partial charge in [0.1, 0.15) is 0 Å². The van der Waals surface area contributed by atoms with Crippen LogP contribution in [0.3, 0.4) is 0 Å². The molecule has 0 aliphatic rings. The molecule has 3 aromatic carbocycles. The van der Waals surface area contributed by atoms with Gasteiger partial charge in [0.05, 0.1) is 6.54 Å². The van der Waals surface area contributed by atoms with E-state index in [4.69, 9.17) is 4.74 Å². The molecule has 3 amide bonds. The van der Waals surface area contributed by atoms with Gasteiger partial charge >= 0.3 is 0 Å². The first-order chi connectivity index (χ1) is 17.5. The topological polar surface area (TPSA) is 99.8 Å². The molecule has 0 aliphatic heterocycles. The van der Waals surface area contributed by atoms with Crippen molar-refractivity contribution in [3.05, 3.63) is 90.0 Å². The van der Waals surface area contributed by atoms with Gasteiger partial charge in [-0.3, -0.25) is 14.4 Å². The fourth-order valence-electron chi connectivity index (χ4n) is 3.62. The zero-order chi connectivity index (χ0) is 25.8. The quantitative estimate of drug-likeness (QED) is 0.332. The highest BCUT2D eigenvalue weighted by atomic mass is 16.5. The van der Waals surface area contributed by atoms with E-state index in [1.54, 1.807) is 60.5 Å². The number of nitrogens with one attached hydrogen (secondary N) is 3. The number of hydrogen-bond donors (Lipinski definition) is 3. The number of carbonyl (C=O) groups is 3. The zero-order valence-electron chi connectivity index (χ0n) is 20.6. The Morgan fingerprint density at radius 3 is 2.28 bits per heavy atom. The van der Waals surface area contributed by atoms with Gasteiger partial charge in [-0.25, -0.2) is 0 Å². The summed E-state index contributed by atoms with van der Waals surface area (Å²) in [6, 6.07) is 23.3. The molecule has 0 atom stereocenters. The third-order valence-electron chi connectivity index (χ3n) is 5.41. The molecule has 0 aliphatic carbocycles. The van der Waals surface area contributed by atoms with E-state index in [0.717, 1.165) is 12.1 Å². The third-order valence-corrected chi connectivity index (χ3v) is 5.41. The average Bonchev–Trinajstić information content (AvgIpc) is 2.91. The van der Waals surface area contributed by atoms with Crippen LogP contribution in [0.1, 0.15) is 34.1 Å². The Kier molecular flexibility index (Phi) is 10.0. The van der Waals surface area contributed by atoms with Crippen LogP contribution in [0.5, 0.6) is 0 Å². The van der Waals surface area contributed by atoms with Crippen LogP contribution in [-0.4, -0.2) is 51.1 Å². The predicted molar refractivity (Wildman–Crippen MR) is 143 cm³/mol. The average molecular weight is 489 g/mol. The van der Waals surface area contributed by atoms with Crippen LogP contribution in [0.15, 0.2) is 78.9 Å². The van der Waals surface area contributed by atoms with E-state index in [-0.39, 0.29) is 24.3 Å². The van der Waals surface area contributed by atoms with Crippen LogP contribution in [0.25, 0.3) is 0 Å². The number of carbonyl (C=O) groups excluding carboxylic acids is 3. The molecular formula is C28H32N4O4. The Morgan fingerprint density at radius 2 is 1.56 bits per heavy atom. The maximum Gasteiger partial charge on any atom is 0.258 e. The molecule has 3 N–H and O–H groups in total. The van der Waals surface area contributed by atoms with Gasteiger partial charge in [0.2, 0.25) is 5.91 Å². The molecule has 3 aromatic rings. The molecule has 0 bridgehead atoms. The summed E-state index contributed by atoms with van der Waals surface area (Å²) < 4.78 is 4.98. The number of amides is 3. The maximum absolute atomic E-state index is 13.1. The maximum atomic E-state index is 13.1. The zero-order valence-corrected chi connectivity index (χ0v) is 20.6. The number of rotatable bonds is 12. The predicted octanol–water partition coefficient (Wildman–Crippen LogP) is 4.17. The Balaban J connectivity index is 1.56. The van der Waals surface area contributed by atoms with Crippen molar-refractivity contribution < 1.29 is 19.1 Å². The van der Waals surface area contributed by atoms with E-state index < -0.39 is 0 Å². The van der Waals surface area contributed by atoms with Crippen molar-refractivity contribution in [1.29, 1.82) is 0 Å². The van der Waals surface area contributed by atoms with E-state index in [2.05, 4.69) is 16.0 Å². The molecule has 36 heavy (non-hydrogen) atoms. The molecule has 0 saturated carbocycles. The van der Waals surface area contributed by atoms with E-state index in [0.29, 0.717) is 42.2 Å². The minimum absolute atomic E-state index is 0.00217. The second-order valence-electron chi connectivity index (χ2n) is 8.05. The molecule has 188 valence electrons. The first-order valence-corrected chi connectivity index (χ1v) is 11.9. The fraction of sp³-hybridized carbons (Fsp3) is 0.250. The lowest BCUT2D eigenvalue weighted by Crippen LogP contribution is -2.30. The molecule has 3 rings (SSSR count). The van der Waals surface area contributed by atoms with Gasteiger partial charge in [-0.2, -0.15) is 0 Å². The Bertz CT molecular complexity index is 1170. The molecule has 0 radical (unpaired) electrons. The summed E-state index contributed by atoms with van der Waals surface area (Å²) in [5, 5.41) is 8.69. The Morgan fingerprint density at radius 1 is 0.861 bits per heavy atom. The van der Waals surface area contributed by atoms with E-state index in [9.17, 15) is 14.4 Å². The van der Waals surface area contributed by atoms with Gasteiger partial charge in [-0.1, -0.05) is 30.3 Å². The summed E-state index contributed by atoms with van der Waals surface area (Å²) in [5.74, 6) is -0.600. The summed E-state index contributed by atoms with van der Waals surface area (Å²) in [5.41, 5.74) is 2.98. The lowest BCUT2D eigenvalue weighted by Gasteiger charge is -2.21. The molecule has 0 saturated heterocycles. The second-order valence-corrected chi connectivity index (χ2v) is 8.05. The number of methoxy groups -OCH3 is 1. The van der Waals surface area contributed by atoms with Crippen LogP contribution >= 0.6 is 0 Å². The highest BCUT2D eigenvalue weighted by Gasteiger charge is 2.16. The van der Waals surface area contributed by atoms with Crippen molar-refractivity contribution in [2.75, 3.05) is 48.9 Å². The fourth-order valence-corrected chi connectivity index (χ4v) is 3.62. The number of nitrogens with zero attached hydrogens (tertiary/aromatic N) is 1. The first-order valence-electron chi connectivity index (χ1n) is 11.9. The first kappa shape index (κ1) is 26.4. The van der Waals surface area contributed by atoms with Crippen LogP contribution in [0.2, 0.25) is 0 Å². The molecule has 0 fully saturated rings. The smallest absolute Gasteiger partial charge is 0.258 e. The normalized spacial score (nSPS) is 10.4. The number of benzene rings is 3. The minimum atomic E-state index is -0.274. The van der Waals surface area contributed by atoms with E-state index in [1.807, 2.05) is 37.3 Å². The van der Waals surface area contributed by atoms with Crippen molar-refractivity contribution in [1.82, 2.24) is 5.32 Å². The number of ether oxygens (including phenoxy) is 1. The van der Waals surface area contributed by atoms with Crippen LogP contribution in [0, 0.1) is 0 Å². The minimum Gasteiger partial charge on any atom is -0.385 e. The summed E-state index contributed by atoms with van der Waals surface area (Å²) in [7, 11) is 1.62. The largest absolute Gasteiger partial charge is 0.385 e. The monoisotopic (exact) mass is 488 g/mol. The van der Waals surface area contributed by atoms with Crippen LogP contribution in [-0.2, 0) is 9.53 Å². The summed E-state index contributed by atoms with van der Waals surface area (Å²) in [4.78, 5) is 39.6. The van der Waals surface area contributed by atoms with Crippen LogP contribution in [0.4, 0.5) is 17.1 Å². The van der Waals surface area contributed by atoms with Crippen molar-refractivity contribution >= 4 is 34.8 Å². The third kappa shape index (κ3) is 7.68. The van der Waals surface area contributed by atoms with Gasteiger partial charge in [0, 0.05) is 55.0 Å². The lowest BCUT2D eigenvalue weighted by molar-refractivity contribution is -0.114. The molecule has 0 spiro atoms. The second kappa shape index (κ2) is 13.7. The molecule has 8 nitrogen and oxygen atoms in total. The van der Waals surface area contributed by atoms with Crippen molar-refractivity contribution in [2.45, 2.75) is 13.3 Å². The van der Waals surface area contributed by atoms with Crippen molar-refractivity contribution in [2.24, 2.45) is 0 Å². The molecular weight excluding hydrogens is 456 g/mol. The summed E-state index contributed by atoms with van der Waals surface area (Å²) in [6.45, 7) is 3.55. The van der Waals surface area contributed by atoms with E-state index >= 15 is 0 Å².